The van der Waals surface area contributed by atoms with Crippen molar-refractivity contribution in [2.45, 2.75) is 0 Å². The van der Waals surface area contributed by atoms with Crippen LogP contribution in [-0.2, 0) is 0 Å². The van der Waals surface area contributed by atoms with E-state index in [2.05, 4.69) is 5.32 Å². The summed E-state index contributed by atoms with van der Waals surface area (Å²) in [5, 5.41) is 3.69. The number of aromatic nitrogens is 1. The van der Waals surface area contributed by atoms with Crippen LogP contribution in [0.25, 0.3) is 32.6 Å². The SMILES string of the molecule is COc1ccc(NC(=O)c2sc3nc(-c4ccccc4)cc(-c4ccccc4)c3c2N)c(OC)c1. The number of nitrogens with zero attached hydrogens (tertiary/aromatic N) is 1. The summed E-state index contributed by atoms with van der Waals surface area (Å²) in [6.45, 7) is 0. The van der Waals surface area contributed by atoms with Crippen LogP contribution in [0.4, 0.5) is 11.4 Å². The zero-order valence-corrected chi connectivity index (χ0v) is 20.1. The Morgan fingerprint density at radius 2 is 1.57 bits per heavy atom. The number of rotatable bonds is 6. The summed E-state index contributed by atoms with van der Waals surface area (Å²) in [6, 6.07) is 27.2. The number of benzene rings is 3. The van der Waals surface area contributed by atoms with Gasteiger partial charge in [0.15, 0.2) is 0 Å². The Bertz CT molecular complexity index is 1520. The van der Waals surface area contributed by atoms with Crippen molar-refractivity contribution in [3.8, 4) is 33.9 Å². The van der Waals surface area contributed by atoms with E-state index in [4.69, 9.17) is 20.2 Å². The molecule has 0 saturated heterocycles. The number of anilines is 2. The first-order valence-electron chi connectivity index (χ1n) is 11.0. The van der Waals surface area contributed by atoms with Crippen molar-refractivity contribution in [1.29, 1.82) is 0 Å². The summed E-state index contributed by atoms with van der Waals surface area (Å²) in [4.78, 5) is 19.3. The number of fused-ring (bicyclic) bond motifs is 1. The maximum Gasteiger partial charge on any atom is 0.268 e. The largest absolute Gasteiger partial charge is 0.497 e. The van der Waals surface area contributed by atoms with Gasteiger partial charge in [-0.25, -0.2) is 4.98 Å². The number of nitrogens with two attached hydrogens (primary N) is 1. The highest BCUT2D eigenvalue weighted by Gasteiger charge is 2.22. The lowest BCUT2D eigenvalue weighted by Crippen LogP contribution is -2.12. The highest BCUT2D eigenvalue weighted by atomic mass is 32.1. The quantitative estimate of drug-likeness (QED) is 0.290. The molecule has 0 atom stereocenters. The van der Waals surface area contributed by atoms with Gasteiger partial charge in [-0.05, 0) is 29.3 Å². The van der Waals surface area contributed by atoms with E-state index in [-0.39, 0.29) is 5.91 Å². The van der Waals surface area contributed by atoms with E-state index in [1.165, 1.54) is 11.3 Å². The lowest BCUT2D eigenvalue weighted by Gasteiger charge is -2.11. The monoisotopic (exact) mass is 481 g/mol. The fourth-order valence-corrected chi connectivity index (χ4v) is 4.99. The number of methoxy groups -OCH3 is 2. The first kappa shape index (κ1) is 22.4. The number of nitrogen functional groups attached to an aromatic ring is 1. The first-order valence-corrected chi connectivity index (χ1v) is 11.8. The van der Waals surface area contributed by atoms with Crippen LogP contribution in [0.15, 0.2) is 84.9 Å². The fourth-order valence-electron chi connectivity index (χ4n) is 3.97. The molecule has 0 saturated carbocycles. The molecular formula is C28H23N3O3S. The standard InChI is InChI=1S/C28H23N3O3S/c1-33-19-13-14-21(23(15-19)34-2)30-27(32)26-25(29)24-20(17-9-5-3-6-10-17)16-22(31-28(24)35-26)18-11-7-4-8-12-18/h3-16H,29H2,1-2H3,(H,30,32). The van der Waals surface area contributed by atoms with Gasteiger partial charge < -0.3 is 20.5 Å². The molecule has 5 aromatic rings. The molecule has 0 aliphatic rings. The van der Waals surface area contributed by atoms with Crippen molar-refractivity contribution in [2.24, 2.45) is 0 Å². The number of carbonyl (C=O) groups excluding carboxylic acids is 1. The minimum atomic E-state index is -0.325. The average Bonchev–Trinajstić information content (AvgIpc) is 3.25. The van der Waals surface area contributed by atoms with E-state index in [1.54, 1.807) is 32.4 Å². The molecule has 35 heavy (non-hydrogen) atoms. The molecule has 1 amide bonds. The van der Waals surface area contributed by atoms with Gasteiger partial charge in [0.05, 0.1) is 31.3 Å². The van der Waals surface area contributed by atoms with Crippen molar-refractivity contribution in [3.05, 3.63) is 89.8 Å². The van der Waals surface area contributed by atoms with E-state index >= 15 is 0 Å². The van der Waals surface area contributed by atoms with Crippen molar-refractivity contribution in [3.63, 3.8) is 0 Å². The zero-order chi connectivity index (χ0) is 24.4. The molecule has 0 aliphatic heterocycles. The number of thiophene rings is 1. The average molecular weight is 482 g/mol. The van der Waals surface area contributed by atoms with E-state index in [1.807, 2.05) is 66.7 Å². The van der Waals surface area contributed by atoms with Crippen LogP contribution in [0.1, 0.15) is 9.67 Å². The second-order valence-electron chi connectivity index (χ2n) is 7.83. The Morgan fingerprint density at radius 3 is 2.23 bits per heavy atom. The maximum atomic E-state index is 13.3. The Morgan fingerprint density at radius 1 is 0.886 bits per heavy atom. The Balaban J connectivity index is 1.63. The van der Waals surface area contributed by atoms with Gasteiger partial charge in [0.2, 0.25) is 0 Å². The Labute approximate surface area is 207 Å². The molecule has 0 aliphatic carbocycles. The smallest absolute Gasteiger partial charge is 0.268 e. The van der Waals surface area contributed by atoms with E-state index in [0.29, 0.717) is 32.6 Å². The Kier molecular flexibility index (Phi) is 6.08. The van der Waals surface area contributed by atoms with Crippen LogP contribution >= 0.6 is 11.3 Å². The molecule has 2 heterocycles. The molecule has 0 radical (unpaired) electrons. The lowest BCUT2D eigenvalue weighted by molar-refractivity contribution is 0.103. The van der Waals surface area contributed by atoms with Crippen LogP contribution in [0.2, 0.25) is 0 Å². The van der Waals surface area contributed by atoms with Gasteiger partial charge in [0.1, 0.15) is 21.2 Å². The molecule has 3 aromatic carbocycles. The number of ether oxygens (including phenoxy) is 2. The number of hydrogen-bond acceptors (Lipinski definition) is 6. The third kappa shape index (κ3) is 4.29. The van der Waals surface area contributed by atoms with Gasteiger partial charge in [0, 0.05) is 17.0 Å². The minimum Gasteiger partial charge on any atom is -0.497 e. The molecule has 3 N–H and O–H groups in total. The van der Waals surface area contributed by atoms with E-state index in [0.717, 1.165) is 27.8 Å². The summed E-state index contributed by atoms with van der Waals surface area (Å²) < 4.78 is 10.7. The fraction of sp³-hybridized carbons (Fsp3) is 0.0714. The molecule has 0 spiro atoms. The molecule has 7 heteroatoms. The summed E-state index contributed by atoms with van der Waals surface area (Å²) >= 11 is 1.28. The van der Waals surface area contributed by atoms with Gasteiger partial charge >= 0.3 is 0 Å². The minimum absolute atomic E-state index is 0.325. The van der Waals surface area contributed by atoms with Crippen molar-refractivity contribution in [2.75, 3.05) is 25.3 Å². The topological polar surface area (TPSA) is 86.5 Å². The van der Waals surface area contributed by atoms with Crippen LogP contribution in [0.5, 0.6) is 11.5 Å². The molecule has 5 rings (SSSR count). The number of carbonyl (C=O) groups is 1. The summed E-state index contributed by atoms with van der Waals surface area (Å²) in [7, 11) is 3.12. The van der Waals surface area contributed by atoms with E-state index < -0.39 is 0 Å². The van der Waals surface area contributed by atoms with Gasteiger partial charge in [0.25, 0.3) is 5.91 Å². The second-order valence-corrected chi connectivity index (χ2v) is 8.83. The van der Waals surface area contributed by atoms with Gasteiger partial charge in [-0.1, -0.05) is 60.7 Å². The summed E-state index contributed by atoms with van der Waals surface area (Å²) in [6.07, 6.45) is 0. The van der Waals surface area contributed by atoms with Crippen LogP contribution in [0, 0.1) is 0 Å². The van der Waals surface area contributed by atoms with Crippen LogP contribution in [-0.4, -0.2) is 25.1 Å². The highest BCUT2D eigenvalue weighted by Crippen LogP contribution is 2.42. The normalized spacial score (nSPS) is 10.8. The second kappa shape index (κ2) is 9.48. The van der Waals surface area contributed by atoms with Crippen LogP contribution in [0.3, 0.4) is 0 Å². The number of amides is 1. The van der Waals surface area contributed by atoms with Gasteiger partial charge in [-0.15, -0.1) is 11.3 Å². The van der Waals surface area contributed by atoms with E-state index in [9.17, 15) is 4.79 Å². The first-order chi connectivity index (χ1) is 17.1. The van der Waals surface area contributed by atoms with Gasteiger partial charge in [-0.2, -0.15) is 0 Å². The predicted molar refractivity (Wildman–Crippen MR) is 142 cm³/mol. The third-order valence-corrected chi connectivity index (χ3v) is 6.81. The maximum absolute atomic E-state index is 13.3. The van der Waals surface area contributed by atoms with Crippen LogP contribution < -0.4 is 20.5 Å². The number of nitrogens with one attached hydrogen (secondary N) is 1. The van der Waals surface area contributed by atoms with Crippen molar-refractivity contribution >= 4 is 38.8 Å². The molecule has 0 unspecified atom stereocenters. The molecule has 0 fully saturated rings. The molecule has 0 bridgehead atoms. The van der Waals surface area contributed by atoms with Gasteiger partial charge in [-0.3, -0.25) is 4.79 Å². The molecule has 2 aromatic heterocycles. The Hall–Kier alpha value is -4.36. The van der Waals surface area contributed by atoms with Crippen molar-refractivity contribution in [1.82, 2.24) is 4.98 Å². The predicted octanol–water partition coefficient (Wildman–Crippen LogP) is 6.48. The van der Waals surface area contributed by atoms with Crippen molar-refractivity contribution < 1.29 is 14.3 Å². The summed E-state index contributed by atoms with van der Waals surface area (Å²) in [5.74, 6) is 0.799. The summed E-state index contributed by atoms with van der Waals surface area (Å²) in [5.41, 5.74) is 11.3. The molecule has 174 valence electrons. The third-order valence-electron chi connectivity index (χ3n) is 5.72. The number of pyridine rings is 1. The highest BCUT2D eigenvalue weighted by molar-refractivity contribution is 7.21. The molecule has 6 nitrogen and oxygen atoms in total. The molecular weight excluding hydrogens is 458 g/mol. The lowest BCUT2D eigenvalue weighted by atomic mass is 9.99. The number of hydrogen-bond donors (Lipinski definition) is 2. The zero-order valence-electron chi connectivity index (χ0n) is 19.2.